The summed E-state index contributed by atoms with van der Waals surface area (Å²) in [6, 6.07) is 9.94. The minimum atomic E-state index is -0.453. The van der Waals surface area contributed by atoms with Gasteiger partial charge in [0.05, 0.1) is 35.7 Å². The highest BCUT2D eigenvalue weighted by atomic mass is 16.5. The van der Waals surface area contributed by atoms with E-state index in [0.717, 1.165) is 5.56 Å². The third-order valence-corrected chi connectivity index (χ3v) is 4.13. The molecule has 2 rings (SSSR count). The average Bonchev–Trinajstić information content (AvgIpc) is 2.60. The number of benzene rings is 1. The molecule has 0 unspecified atom stereocenters. The average molecular weight is 355 g/mol. The summed E-state index contributed by atoms with van der Waals surface area (Å²) in [5.41, 5.74) is 3.65. The Labute approximate surface area is 154 Å². The van der Waals surface area contributed by atoms with Crippen molar-refractivity contribution in [3.05, 3.63) is 64.0 Å². The lowest BCUT2D eigenvalue weighted by Gasteiger charge is -2.17. The molecule has 138 valence electrons. The van der Waals surface area contributed by atoms with Crippen molar-refractivity contribution in [1.29, 1.82) is 0 Å². The molecule has 0 N–H and O–H groups in total. The van der Waals surface area contributed by atoms with Crippen LogP contribution < -0.4 is 0 Å². The Morgan fingerprint density at radius 2 is 1.35 bits per heavy atom. The molecule has 1 aromatic carbocycles. The first-order valence-electron chi connectivity index (χ1n) is 8.87. The Hall–Kier alpha value is -2.69. The van der Waals surface area contributed by atoms with E-state index in [1.54, 1.807) is 27.7 Å². The summed E-state index contributed by atoms with van der Waals surface area (Å²) < 4.78 is 10.4. The van der Waals surface area contributed by atoms with Crippen LogP contribution in [0, 0.1) is 13.8 Å². The molecule has 0 aliphatic rings. The fourth-order valence-corrected chi connectivity index (χ4v) is 3.04. The monoisotopic (exact) mass is 355 g/mol. The Bertz CT molecular complexity index is 742. The highest BCUT2D eigenvalue weighted by Gasteiger charge is 2.26. The molecule has 0 bridgehead atoms. The van der Waals surface area contributed by atoms with E-state index in [1.165, 1.54) is 0 Å². The molecule has 0 fully saturated rings. The maximum Gasteiger partial charge on any atom is 0.340 e. The van der Waals surface area contributed by atoms with E-state index in [0.29, 0.717) is 40.9 Å². The van der Waals surface area contributed by atoms with Crippen molar-refractivity contribution < 1.29 is 19.1 Å². The predicted octanol–water partition coefficient (Wildman–Crippen LogP) is 3.84. The van der Waals surface area contributed by atoms with Crippen LogP contribution in [0.15, 0.2) is 30.3 Å². The van der Waals surface area contributed by atoms with Crippen molar-refractivity contribution in [2.75, 3.05) is 13.2 Å². The molecule has 2 aromatic rings. The van der Waals surface area contributed by atoms with E-state index in [9.17, 15) is 9.59 Å². The van der Waals surface area contributed by atoms with Crippen LogP contribution in [0.2, 0.25) is 0 Å². The van der Waals surface area contributed by atoms with Gasteiger partial charge in [-0.1, -0.05) is 30.3 Å². The van der Waals surface area contributed by atoms with Gasteiger partial charge in [-0.25, -0.2) is 9.59 Å². The quantitative estimate of drug-likeness (QED) is 0.706. The molecule has 1 heterocycles. The maximum atomic E-state index is 12.5. The Kier molecular flexibility index (Phi) is 6.89. The number of rotatable bonds is 7. The van der Waals surface area contributed by atoms with Crippen LogP contribution >= 0.6 is 0 Å². The van der Waals surface area contributed by atoms with Crippen LogP contribution in [0.1, 0.15) is 57.1 Å². The number of pyridine rings is 1. The minimum absolute atomic E-state index is 0.263. The summed E-state index contributed by atoms with van der Waals surface area (Å²) in [5.74, 6) is -0.905. The molecule has 0 atom stereocenters. The number of nitrogens with zero attached hydrogens (tertiary/aromatic N) is 1. The first-order valence-corrected chi connectivity index (χ1v) is 8.87. The fourth-order valence-electron chi connectivity index (χ4n) is 3.04. The summed E-state index contributed by atoms with van der Waals surface area (Å²) in [6.07, 6.45) is 1.22. The Morgan fingerprint density at radius 3 is 1.81 bits per heavy atom. The van der Waals surface area contributed by atoms with Crippen LogP contribution in [-0.4, -0.2) is 30.1 Å². The lowest BCUT2D eigenvalue weighted by atomic mass is 9.93. The predicted molar refractivity (Wildman–Crippen MR) is 99.5 cm³/mol. The molecule has 1 aromatic heterocycles. The number of ether oxygens (including phenoxy) is 2. The van der Waals surface area contributed by atoms with E-state index >= 15 is 0 Å². The molecule has 26 heavy (non-hydrogen) atoms. The second-order valence-corrected chi connectivity index (χ2v) is 5.94. The third kappa shape index (κ3) is 4.48. The van der Waals surface area contributed by atoms with Gasteiger partial charge in [0.25, 0.3) is 0 Å². The first kappa shape index (κ1) is 19.6. The zero-order valence-corrected chi connectivity index (χ0v) is 15.8. The third-order valence-electron chi connectivity index (χ3n) is 4.13. The lowest BCUT2D eigenvalue weighted by molar-refractivity contribution is 0.0520. The Balaban J connectivity index is 2.53. The first-order chi connectivity index (χ1) is 12.5. The number of carbonyl (C=O) groups excluding carboxylic acids is 2. The molecule has 0 aliphatic carbocycles. The van der Waals surface area contributed by atoms with Crippen molar-refractivity contribution in [3.63, 3.8) is 0 Å². The molecular formula is C21H25NO4. The number of aromatic nitrogens is 1. The van der Waals surface area contributed by atoms with Crippen LogP contribution in [0.4, 0.5) is 0 Å². The smallest absolute Gasteiger partial charge is 0.340 e. The zero-order chi connectivity index (χ0) is 19.1. The zero-order valence-electron chi connectivity index (χ0n) is 15.8. The van der Waals surface area contributed by atoms with E-state index < -0.39 is 11.9 Å². The molecule has 0 spiro atoms. The van der Waals surface area contributed by atoms with Gasteiger partial charge in [0.1, 0.15) is 0 Å². The van der Waals surface area contributed by atoms with Gasteiger partial charge < -0.3 is 9.47 Å². The highest BCUT2D eigenvalue weighted by molar-refractivity contribution is 5.99. The highest BCUT2D eigenvalue weighted by Crippen LogP contribution is 2.24. The van der Waals surface area contributed by atoms with Crippen molar-refractivity contribution >= 4 is 11.9 Å². The standard InChI is InChI=1S/C21H25NO4/c1-5-25-20(23)18-14(3)22-15(4)19(21(24)26-6-2)17(18)13-12-16-10-8-7-9-11-16/h7-11H,5-6,12-13H2,1-4H3. The number of carbonyl (C=O) groups is 2. The Morgan fingerprint density at radius 1 is 0.846 bits per heavy atom. The summed E-state index contributed by atoms with van der Waals surface area (Å²) in [7, 11) is 0. The van der Waals surface area contributed by atoms with Gasteiger partial charge in [0.2, 0.25) is 0 Å². The lowest BCUT2D eigenvalue weighted by Crippen LogP contribution is -2.20. The molecule has 5 heteroatoms. The topological polar surface area (TPSA) is 65.5 Å². The van der Waals surface area contributed by atoms with Gasteiger partial charge in [-0.05, 0) is 51.7 Å². The maximum absolute atomic E-state index is 12.5. The molecule has 5 nitrogen and oxygen atoms in total. The van der Waals surface area contributed by atoms with E-state index in [-0.39, 0.29) is 13.2 Å². The van der Waals surface area contributed by atoms with Crippen molar-refractivity contribution in [3.8, 4) is 0 Å². The molecule has 0 saturated heterocycles. The molecule has 0 radical (unpaired) electrons. The van der Waals surface area contributed by atoms with E-state index in [2.05, 4.69) is 4.98 Å². The summed E-state index contributed by atoms with van der Waals surface area (Å²) in [5, 5.41) is 0. The molecule has 0 aliphatic heterocycles. The largest absolute Gasteiger partial charge is 0.462 e. The van der Waals surface area contributed by atoms with Crippen molar-refractivity contribution in [2.24, 2.45) is 0 Å². The fraction of sp³-hybridized carbons (Fsp3) is 0.381. The normalized spacial score (nSPS) is 10.5. The summed E-state index contributed by atoms with van der Waals surface area (Å²) in [6.45, 7) is 7.56. The van der Waals surface area contributed by atoms with Gasteiger partial charge >= 0.3 is 11.9 Å². The summed E-state index contributed by atoms with van der Waals surface area (Å²) in [4.78, 5) is 29.4. The van der Waals surface area contributed by atoms with Crippen molar-refractivity contribution in [1.82, 2.24) is 4.98 Å². The second kappa shape index (κ2) is 9.13. The van der Waals surface area contributed by atoms with Gasteiger partial charge in [-0.3, -0.25) is 4.98 Å². The van der Waals surface area contributed by atoms with Crippen LogP contribution in [0.5, 0.6) is 0 Å². The number of hydrogen-bond acceptors (Lipinski definition) is 5. The van der Waals surface area contributed by atoms with Gasteiger partial charge in [-0.2, -0.15) is 0 Å². The number of aryl methyl sites for hydroxylation is 3. The number of hydrogen-bond donors (Lipinski definition) is 0. The van der Waals surface area contributed by atoms with Gasteiger partial charge in [0, 0.05) is 0 Å². The SMILES string of the molecule is CCOC(=O)c1c(C)nc(C)c(C(=O)OCC)c1CCc1ccccc1. The number of esters is 2. The molecular weight excluding hydrogens is 330 g/mol. The summed E-state index contributed by atoms with van der Waals surface area (Å²) >= 11 is 0. The second-order valence-electron chi connectivity index (χ2n) is 5.94. The van der Waals surface area contributed by atoms with Crippen LogP contribution in [-0.2, 0) is 22.3 Å². The van der Waals surface area contributed by atoms with E-state index in [4.69, 9.17) is 9.47 Å². The van der Waals surface area contributed by atoms with Crippen molar-refractivity contribution in [2.45, 2.75) is 40.5 Å². The van der Waals surface area contributed by atoms with Gasteiger partial charge in [-0.15, -0.1) is 0 Å². The van der Waals surface area contributed by atoms with Crippen LogP contribution in [0.25, 0.3) is 0 Å². The van der Waals surface area contributed by atoms with Gasteiger partial charge in [0.15, 0.2) is 0 Å². The van der Waals surface area contributed by atoms with Crippen LogP contribution in [0.3, 0.4) is 0 Å². The molecule has 0 saturated carbocycles. The minimum Gasteiger partial charge on any atom is -0.462 e. The van der Waals surface area contributed by atoms with E-state index in [1.807, 2.05) is 30.3 Å². The molecule has 0 amide bonds.